The van der Waals surface area contributed by atoms with Gasteiger partial charge in [0.25, 0.3) is 9.05 Å². The van der Waals surface area contributed by atoms with Crippen molar-refractivity contribution in [3.63, 3.8) is 0 Å². The van der Waals surface area contributed by atoms with E-state index in [1.165, 1.54) is 0 Å². The zero-order valence-electron chi connectivity index (χ0n) is 5.58. The minimum Gasteiger partial charge on any atom is -0.285 e. The zero-order chi connectivity index (χ0) is 8.74. The Labute approximate surface area is 70.4 Å². The molecule has 1 aromatic carbocycles. The van der Waals surface area contributed by atoms with E-state index in [4.69, 9.17) is 13.3 Å². The molecule has 0 bridgehead atoms. The van der Waals surface area contributed by atoms with Gasteiger partial charge >= 0.3 is 0 Å². The van der Waals surface area contributed by atoms with E-state index in [-0.39, 0.29) is 0 Å². The monoisotopic (exact) mass is 192 g/mol. The van der Waals surface area contributed by atoms with Crippen molar-refractivity contribution in [2.24, 2.45) is 0 Å². The molecule has 0 amide bonds. The largest absolute Gasteiger partial charge is 0.285 e. The summed E-state index contributed by atoms with van der Waals surface area (Å²) in [5, 5.41) is 0. The maximum Gasteiger partial charge on any atom is 0.263 e. The molecule has 0 fully saturated rings. The molecular weight excluding hydrogens is 184 g/mol. The van der Waals surface area contributed by atoms with Gasteiger partial charge in [-0.25, -0.2) is 0 Å². The van der Waals surface area contributed by atoms with Crippen LogP contribution in [0.5, 0.6) is 0 Å². The van der Waals surface area contributed by atoms with Crippen LogP contribution in [-0.2, 0) is 20.2 Å². The molecule has 0 atom stereocenters. The van der Waals surface area contributed by atoms with Crippen LogP contribution in [0.25, 0.3) is 0 Å². The molecule has 2 N–H and O–H groups in total. The predicted octanol–water partition coefficient (Wildman–Crippen LogP) is 1.37. The Kier molecular flexibility index (Phi) is 4.97. The van der Waals surface area contributed by atoms with Gasteiger partial charge in [-0.1, -0.05) is 36.4 Å². The van der Waals surface area contributed by atoms with Crippen LogP contribution in [0.1, 0.15) is 0 Å². The lowest BCUT2D eigenvalue weighted by Crippen LogP contribution is -1.86. The topological polar surface area (TPSA) is 57.5 Å². The first-order chi connectivity index (χ1) is 5.00. The normalized spacial score (nSPS) is 9.64. The second-order valence-corrected chi connectivity index (χ2v) is 3.80. The molecule has 0 saturated carbocycles. The van der Waals surface area contributed by atoms with Crippen molar-refractivity contribution in [3.8, 4) is 0 Å². The molecule has 0 aliphatic heterocycles. The molecule has 11 heavy (non-hydrogen) atoms. The van der Waals surface area contributed by atoms with Gasteiger partial charge < -0.3 is 0 Å². The van der Waals surface area contributed by atoms with E-state index in [9.17, 15) is 0 Å². The average molecular weight is 192 g/mol. The molecule has 0 heterocycles. The van der Waals surface area contributed by atoms with Crippen LogP contribution in [0.15, 0.2) is 36.4 Å². The highest BCUT2D eigenvalue weighted by atomic mass is 32.9. The van der Waals surface area contributed by atoms with Crippen LogP contribution < -0.4 is 0 Å². The quantitative estimate of drug-likeness (QED) is 0.651. The fourth-order valence-corrected chi connectivity index (χ4v) is 0.385. The lowest BCUT2D eigenvalue weighted by atomic mass is 10.4. The smallest absolute Gasteiger partial charge is 0.263 e. The average Bonchev–Trinajstić information content (AvgIpc) is 1.88. The molecule has 0 aliphatic carbocycles. The first-order valence-electron chi connectivity index (χ1n) is 2.70. The molecular formula is C6H8O3S2. The van der Waals surface area contributed by atoms with Gasteiger partial charge in [-0.2, -0.15) is 4.21 Å². The van der Waals surface area contributed by atoms with Crippen LogP contribution in [-0.4, -0.2) is 13.3 Å². The van der Waals surface area contributed by atoms with E-state index in [2.05, 4.69) is 11.2 Å². The van der Waals surface area contributed by atoms with Gasteiger partial charge in [-0.15, -0.1) is 0 Å². The third-order valence-corrected chi connectivity index (χ3v) is 0.667. The van der Waals surface area contributed by atoms with Crippen LogP contribution in [0.3, 0.4) is 0 Å². The van der Waals surface area contributed by atoms with E-state index in [0.29, 0.717) is 0 Å². The van der Waals surface area contributed by atoms with Gasteiger partial charge in [0.2, 0.25) is 0 Å². The molecule has 0 saturated heterocycles. The van der Waals surface area contributed by atoms with E-state index in [0.717, 1.165) is 0 Å². The fraction of sp³-hybridized carbons (Fsp3) is 0. The fourth-order valence-electron chi connectivity index (χ4n) is 0.385. The second-order valence-electron chi connectivity index (χ2n) is 1.60. The summed E-state index contributed by atoms with van der Waals surface area (Å²) in [5.41, 5.74) is 0. The van der Waals surface area contributed by atoms with E-state index in [1.807, 2.05) is 36.4 Å². The number of benzene rings is 1. The maximum atomic E-state index is 9.11. The van der Waals surface area contributed by atoms with Gasteiger partial charge in [0, 0.05) is 11.2 Å². The molecule has 0 unspecified atom stereocenters. The highest BCUT2D eigenvalue weighted by Gasteiger charge is 1.78. The highest BCUT2D eigenvalue weighted by Crippen LogP contribution is 1.79. The number of hydrogen-bond acceptors (Lipinski definition) is 2. The Hall–Kier alpha value is -0.490. The summed E-state index contributed by atoms with van der Waals surface area (Å²) in [6.07, 6.45) is 0. The van der Waals surface area contributed by atoms with Crippen LogP contribution in [0.2, 0.25) is 0 Å². The third kappa shape index (κ3) is 17.7. The zero-order valence-corrected chi connectivity index (χ0v) is 7.22. The number of hydrogen-bond donors (Lipinski definition) is 2. The Balaban J connectivity index is 0.000000187. The standard InChI is InChI=1S/C6H6.H2O3S2/c1-2-4-6-5-3-1;1-5(2,3)4/h1-6H;(H2,1,2,3,4). The molecule has 62 valence electrons. The van der Waals surface area contributed by atoms with Crippen molar-refractivity contribution < 1.29 is 13.3 Å². The minimum absolute atomic E-state index is 2.00. The minimum atomic E-state index is -3.83. The van der Waals surface area contributed by atoms with Gasteiger partial charge in [0.15, 0.2) is 0 Å². The molecule has 1 aromatic rings. The Morgan fingerprint density at radius 3 is 1.09 bits per heavy atom. The summed E-state index contributed by atoms with van der Waals surface area (Å²) in [6.45, 7) is 0. The Morgan fingerprint density at radius 2 is 1.00 bits per heavy atom. The molecule has 1 rings (SSSR count). The second kappa shape index (κ2) is 5.20. The summed E-state index contributed by atoms with van der Waals surface area (Å²) in [7, 11) is -3.83. The SMILES string of the molecule is O=S(O)(O)=S.c1ccccc1. The third-order valence-electron chi connectivity index (χ3n) is 0.667. The van der Waals surface area contributed by atoms with Gasteiger partial charge in [0.1, 0.15) is 0 Å². The van der Waals surface area contributed by atoms with Crippen LogP contribution >= 0.6 is 0 Å². The molecule has 0 aromatic heterocycles. The molecule has 3 nitrogen and oxygen atoms in total. The lowest BCUT2D eigenvalue weighted by molar-refractivity contribution is 0.450. The summed E-state index contributed by atoms with van der Waals surface area (Å²) in [4.78, 5) is 0. The lowest BCUT2D eigenvalue weighted by Gasteiger charge is -1.73. The summed E-state index contributed by atoms with van der Waals surface area (Å²) in [6, 6.07) is 12.0. The van der Waals surface area contributed by atoms with Crippen molar-refractivity contribution in [2.45, 2.75) is 0 Å². The van der Waals surface area contributed by atoms with Crippen molar-refractivity contribution in [1.29, 1.82) is 0 Å². The summed E-state index contributed by atoms with van der Waals surface area (Å²) < 4.78 is 24.0. The van der Waals surface area contributed by atoms with E-state index >= 15 is 0 Å². The summed E-state index contributed by atoms with van der Waals surface area (Å²) in [5.74, 6) is 0. The van der Waals surface area contributed by atoms with Gasteiger partial charge in [-0.05, 0) is 0 Å². The van der Waals surface area contributed by atoms with Crippen molar-refractivity contribution in [1.82, 2.24) is 0 Å². The first kappa shape index (κ1) is 10.5. The molecule has 0 aliphatic rings. The van der Waals surface area contributed by atoms with Crippen molar-refractivity contribution in [2.75, 3.05) is 0 Å². The van der Waals surface area contributed by atoms with Crippen LogP contribution in [0.4, 0.5) is 0 Å². The van der Waals surface area contributed by atoms with Crippen LogP contribution in [0, 0.1) is 0 Å². The summed E-state index contributed by atoms with van der Waals surface area (Å²) >= 11 is 3.47. The maximum absolute atomic E-state index is 9.11. The Bertz CT molecular complexity index is 232. The van der Waals surface area contributed by atoms with Gasteiger partial charge in [0.05, 0.1) is 0 Å². The number of rotatable bonds is 0. The highest BCUT2D eigenvalue weighted by molar-refractivity contribution is 8.26. The molecule has 0 radical (unpaired) electrons. The van der Waals surface area contributed by atoms with Crippen molar-refractivity contribution in [3.05, 3.63) is 36.4 Å². The van der Waals surface area contributed by atoms with Gasteiger partial charge in [-0.3, -0.25) is 9.11 Å². The van der Waals surface area contributed by atoms with E-state index in [1.54, 1.807) is 0 Å². The van der Waals surface area contributed by atoms with Crippen molar-refractivity contribution >= 4 is 20.2 Å². The first-order valence-corrected chi connectivity index (χ1v) is 5.10. The predicted molar refractivity (Wildman–Crippen MR) is 47.2 cm³/mol. The molecule has 0 spiro atoms. The van der Waals surface area contributed by atoms with E-state index < -0.39 is 9.05 Å². The Morgan fingerprint density at radius 1 is 0.909 bits per heavy atom. The molecule has 5 heteroatoms.